The second-order valence-electron chi connectivity index (χ2n) is 3.98. The van der Waals surface area contributed by atoms with Gasteiger partial charge in [-0.25, -0.2) is 0 Å². The predicted molar refractivity (Wildman–Crippen MR) is 62.3 cm³/mol. The van der Waals surface area contributed by atoms with Gasteiger partial charge >= 0.3 is 0 Å². The van der Waals surface area contributed by atoms with Crippen LogP contribution < -0.4 is 0 Å². The Labute approximate surface area is 105 Å². The Morgan fingerprint density at radius 1 is 1.47 bits per heavy atom. The maximum atomic E-state index is 9.90. The van der Waals surface area contributed by atoms with Gasteiger partial charge in [0.15, 0.2) is 12.1 Å². The van der Waals surface area contributed by atoms with Gasteiger partial charge in [-0.2, -0.15) is 0 Å². The van der Waals surface area contributed by atoms with Crippen molar-refractivity contribution >= 4 is 30.4 Å². The van der Waals surface area contributed by atoms with Gasteiger partial charge in [0.1, 0.15) is 18.3 Å². The number of rotatable bonds is 3. The average Bonchev–Trinajstić information content (AvgIpc) is 2.58. The first-order valence-electron chi connectivity index (χ1n) is 4.63. The third kappa shape index (κ3) is 2.59. The molecule has 1 N–H and O–H groups in total. The quantitative estimate of drug-likeness (QED) is 0.612. The molecule has 5 nitrogen and oxygen atoms in total. The molecule has 0 aromatic heterocycles. The summed E-state index contributed by atoms with van der Waals surface area (Å²) in [5.74, 6) is -0.680. The molecular weight excluding hydrogens is 335 g/mol. The number of ether oxygens (including phenoxy) is 3. The van der Waals surface area contributed by atoms with E-state index in [9.17, 15) is 5.11 Å². The third-order valence-electron chi connectivity index (χ3n) is 2.39. The Balaban J connectivity index is 1.93. The molecule has 4 atom stereocenters. The lowest BCUT2D eigenvalue weighted by Crippen LogP contribution is -2.36. The molecule has 15 heavy (non-hydrogen) atoms. The Hall–Kier alpha value is 0.880. The summed E-state index contributed by atoms with van der Waals surface area (Å²) in [6.45, 7) is 3.93. The van der Waals surface area contributed by atoms with Crippen molar-refractivity contribution in [3.63, 3.8) is 0 Å². The maximum Gasteiger partial charge on any atom is 0.190 e. The fraction of sp³-hybridized carbons (Fsp3) is 1.00. The van der Waals surface area contributed by atoms with Crippen LogP contribution in [0.25, 0.3) is 0 Å². The summed E-state index contributed by atoms with van der Waals surface area (Å²) >= 11 is 2.02. The van der Waals surface area contributed by atoms with E-state index in [4.69, 9.17) is 18.4 Å². The molecule has 2 rings (SSSR count). The van der Waals surface area contributed by atoms with Gasteiger partial charge < -0.3 is 23.5 Å². The number of aliphatic hydroxyl groups is 1. The highest BCUT2D eigenvalue weighted by molar-refractivity contribution is 14.2. The number of hydrogen-bond donors (Lipinski definition) is 1. The fourth-order valence-corrected chi connectivity index (χ4v) is 2.41. The van der Waals surface area contributed by atoms with Crippen molar-refractivity contribution < 1.29 is 23.5 Å². The van der Waals surface area contributed by atoms with Crippen LogP contribution in [0.15, 0.2) is 0 Å². The molecule has 0 saturated carbocycles. The minimum atomic E-state index is -0.694. The molecule has 2 aliphatic rings. The molecule has 88 valence electrons. The molecule has 0 radical (unpaired) electrons. The van der Waals surface area contributed by atoms with Crippen LogP contribution >= 0.6 is 30.4 Å². The molecular formula is C8H13IO5S. The average molecular weight is 348 g/mol. The van der Waals surface area contributed by atoms with E-state index in [1.807, 2.05) is 21.2 Å². The van der Waals surface area contributed by atoms with E-state index in [1.54, 1.807) is 13.8 Å². The molecule has 0 unspecified atom stereocenters. The largest absolute Gasteiger partial charge is 0.387 e. The lowest BCUT2D eigenvalue weighted by atomic mass is 10.1. The third-order valence-corrected chi connectivity index (χ3v) is 3.38. The van der Waals surface area contributed by atoms with Gasteiger partial charge in [-0.05, 0) is 13.8 Å². The van der Waals surface area contributed by atoms with E-state index in [2.05, 4.69) is 0 Å². The molecule has 2 heterocycles. The van der Waals surface area contributed by atoms with Crippen LogP contribution in [-0.4, -0.2) is 42.1 Å². The highest BCUT2D eigenvalue weighted by atomic mass is 127. The Bertz CT molecular complexity index is 239. The molecule has 0 aliphatic carbocycles. The molecule has 7 heteroatoms. The van der Waals surface area contributed by atoms with Gasteiger partial charge in [0.2, 0.25) is 0 Å². The molecule has 0 aromatic rings. The van der Waals surface area contributed by atoms with Crippen LogP contribution in [0, 0.1) is 0 Å². The zero-order chi connectivity index (χ0) is 11.1. The van der Waals surface area contributed by atoms with Crippen LogP contribution in [0.2, 0.25) is 0 Å². The summed E-state index contributed by atoms with van der Waals surface area (Å²) in [4.78, 5) is 0. The monoisotopic (exact) mass is 348 g/mol. The summed E-state index contributed by atoms with van der Waals surface area (Å²) in [6, 6.07) is 0. The topological polar surface area (TPSA) is 57.2 Å². The minimum Gasteiger partial charge on any atom is -0.387 e. The lowest BCUT2D eigenvalue weighted by Gasteiger charge is -2.22. The van der Waals surface area contributed by atoms with Crippen molar-refractivity contribution in [3.05, 3.63) is 0 Å². The highest BCUT2D eigenvalue weighted by Crippen LogP contribution is 2.37. The summed E-state index contributed by atoms with van der Waals surface area (Å²) in [5.41, 5.74) is 0. The number of halogens is 1. The van der Waals surface area contributed by atoms with Crippen molar-refractivity contribution in [3.8, 4) is 0 Å². The van der Waals surface area contributed by atoms with Crippen LogP contribution in [0.4, 0.5) is 0 Å². The molecule has 0 aromatic carbocycles. The molecule has 0 amide bonds. The summed E-state index contributed by atoms with van der Waals surface area (Å²) in [6.07, 6.45) is -1.96. The smallest absolute Gasteiger partial charge is 0.190 e. The van der Waals surface area contributed by atoms with Crippen molar-refractivity contribution in [1.29, 1.82) is 0 Å². The SMILES string of the molecule is CC1(C)O[C@H]2O[C@H](COSI)[C@H](O)[C@H]2O1. The minimum absolute atomic E-state index is 0.328. The van der Waals surface area contributed by atoms with Crippen molar-refractivity contribution in [2.45, 2.75) is 44.2 Å². The van der Waals surface area contributed by atoms with E-state index in [-0.39, 0.29) is 6.10 Å². The van der Waals surface area contributed by atoms with Gasteiger partial charge in [-0.3, -0.25) is 0 Å². The van der Waals surface area contributed by atoms with Crippen molar-refractivity contribution in [2.24, 2.45) is 0 Å². The van der Waals surface area contributed by atoms with E-state index >= 15 is 0 Å². The highest BCUT2D eigenvalue weighted by Gasteiger charge is 2.54. The van der Waals surface area contributed by atoms with Crippen LogP contribution in [-0.2, 0) is 18.4 Å². The molecule has 2 aliphatic heterocycles. The first-order valence-corrected chi connectivity index (χ1v) is 7.91. The van der Waals surface area contributed by atoms with Crippen LogP contribution in [0.3, 0.4) is 0 Å². The maximum absolute atomic E-state index is 9.90. The zero-order valence-electron chi connectivity index (χ0n) is 8.38. The summed E-state index contributed by atoms with van der Waals surface area (Å²) in [5, 5.41) is 9.90. The normalized spacial score (nSPS) is 43.2. The Morgan fingerprint density at radius 3 is 2.80 bits per heavy atom. The van der Waals surface area contributed by atoms with Crippen LogP contribution in [0.5, 0.6) is 0 Å². The summed E-state index contributed by atoms with van der Waals surface area (Å²) in [7, 11) is 1.22. The number of aliphatic hydroxyl groups excluding tert-OH is 1. The standard InChI is InChI=1S/C8H13IO5S/c1-8(2)13-6-5(10)4(3-11-15-9)12-7(6)14-8/h4-7,10H,3H2,1-2H3/t4-,5+,6-,7-/m1/s1. The number of hydrogen-bond acceptors (Lipinski definition) is 6. The Morgan fingerprint density at radius 2 is 2.20 bits per heavy atom. The van der Waals surface area contributed by atoms with Crippen molar-refractivity contribution in [2.75, 3.05) is 6.61 Å². The van der Waals surface area contributed by atoms with E-state index < -0.39 is 24.3 Å². The zero-order valence-corrected chi connectivity index (χ0v) is 11.4. The second kappa shape index (κ2) is 4.63. The second-order valence-corrected chi connectivity index (χ2v) is 5.42. The first-order chi connectivity index (χ1) is 7.03. The molecule has 0 bridgehead atoms. The summed E-state index contributed by atoms with van der Waals surface area (Å²) < 4.78 is 21.6. The van der Waals surface area contributed by atoms with Gasteiger partial charge in [-0.15, -0.1) is 0 Å². The van der Waals surface area contributed by atoms with E-state index in [1.165, 1.54) is 9.21 Å². The predicted octanol–water partition coefficient (Wildman–Crippen LogP) is 1.24. The van der Waals surface area contributed by atoms with Crippen LogP contribution in [0.1, 0.15) is 13.8 Å². The van der Waals surface area contributed by atoms with Gasteiger partial charge in [-0.1, -0.05) is 0 Å². The van der Waals surface area contributed by atoms with E-state index in [0.29, 0.717) is 6.61 Å². The molecule has 2 saturated heterocycles. The van der Waals surface area contributed by atoms with Crippen molar-refractivity contribution in [1.82, 2.24) is 0 Å². The first kappa shape index (κ1) is 12.3. The molecule has 2 fully saturated rings. The van der Waals surface area contributed by atoms with Gasteiger partial charge in [0, 0.05) is 21.2 Å². The Kier molecular flexibility index (Phi) is 3.81. The molecule has 0 spiro atoms. The van der Waals surface area contributed by atoms with E-state index in [0.717, 1.165) is 0 Å². The van der Waals surface area contributed by atoms with Gasteiger partial charge in [0.05, 0.1) is 15.8 Å². The number of fused-ring (bicyclic) bond motifs is 1. The lowest BCUT2D eigenvalue weighted by molar-refractivity contribution is -0.217. The fourth-order valence-electron chi connectivity index (χ4n) is 1.79. The van der Waals surface area contributed by atoms with Gasteiger partial charge in [0.25, 0.3) is 0 Å².